The molecular weight excluding hydrogens is 370 g/mol. The molecule has 0 fully saturated rings. The zero-order chi connectivity index (χ0) is 19.9. The van der Waals surface area contributed by atoms with Crippen molar-refractivity contribution >= 4 is 30.0 Å². The lowest BCUT2D eigenvalue weighted by molar-refractivity contribution is 0.534. The molecule has 1 atom stereocenters. The lowest BCUT2D eigenvalue weighted by Gasteiger charge is -2.33. The fourth-order valence-corrected chi connectivity index (χ4v) is 3.47. The molecule has 1 unspecified atom stereocenters. The van der Waals surface area contributed by atoms with Gasteiger partial charge in [0.25, 0.3) is 0 Å². The summed E-state index contributed by atoms with van der Waals surface area (Å²) in [5.41, 5.74) is 14.5. The van der Waals surface area contributed by atoms with Crippen molar-refractivity contribution in [3.05, 3.63) is 29.8 Å². The Hall–Kier alpha value is -1.75. The summed E-state index contributed by atoms with van der Waals surface area (Å²) in [5, 5.41) is 0. The summed E-state index contributed by atoms with van der Waals surface area (Å²) in [6.45, 7) is 8.90. The largest absolute Gasteiger partial charge is 0.369 e. The standard InChI is InChI=1S/C22H37N5.ClH/c1-5-6-7-8-9-10-11-12-19-25-20(23)26-21(24)27(19)18-15-13-17(14-16-18)22(2,3)4;/h13-16,19H,5-12H2,1-4H3,(H4,23,24,25,26);1H. The molecule has 6 heteroatoms. The van der Waals surface area contributed by atoms with Gasteiger partial charge in [0.1, 0.15) is 6.17 Å². The third-order valence-corrected chi connectivity index (χ3v) is 5.13. The molecule has 1 aliphatic rings. The number of rotatable bonds is 9. The highest BCUT2D eigenvalue weighted by molar-refractivity contribution is 6.04. The van der Waals surface area contributed by atoms with Crippen molar-refractivity contribution in [2.75, 3.05) is 4.90 Å². The molecule has 1 aliphatic heterocycles. The maximum Gasteiger partial charge on any atom is 0.220 e. The van der Waals surface area contributed by atoms with Gasteiger partial charge in [-0.2, -0.15) is 4.99 Å². The number of unbranched alkanes of at least 4 members (excludes halogenated alkanes) is 6. The number of nitrogens with zero attached hydrogens (tertiary/aromatic N) is 3. The molecule has 1 aromatic rings. The Bertz CT molecular complexity index is 646. The van der Waals surface area contributed by atoms with Gasteiger partial charge in [-0.25, -0.2) is 4.99 Å². The Kier molecular flexibility index (Phi) is 9.80. The number of anilines is 1. The second kappa shape index (κ2) is 11.3. The van der Waals surface area contributed by atoms with E-state index in [1.165, 1.54) is 44.1 Å². The molecule has 0 aliphatic carbocycles. The first-order valence-corrected chi connectivity index (χ1v) is 10.4. The molecular formula is C22H38ClN5. The third-order valence-electron chi connectivity index (χ3n) is 5.13. The average Bonchev–Trinajstić information content (AvgIpc) is 2.60. The van der Waals surface area contributed by atoms with Crippen LogP contribution in [0.4, 0.5) is 5.69 Å². The van der Waals surface area contributed by atoms with Crippen molar-refractivity contribution in [2.24, 2.45) is 21.5 Å². The number of halogens is 1. The lowest BCUT2D eigenvalue weighted by atomic mass is 9.87. The maximum atomic E-state index is 6.22. The van der Waals surface area contributed by atoms with Crippen LogP contribution in [0.1, 0.15) is 84.6 Å². The van der Waals surface area contributed by atoms with Gasteiger partial charge in [-0.3, -0.25) is 4.90 Å². The SMILES string of the molecule is CCCCCCCCCC1N=C(N)N=C(N)N1c1ccc(C(C)(C)C)cc1.Cl. The van der Waals surface area contributed by atoms with Gasteiger partial charge in [0.2, 0.25) is 11.9 Å². The number of aliphatic imine (C=N–C) groups is 2. The van der Waals surface area contributed by atoms with Gasteiger partial charge < -0.3 is 11.5 Å². The summed E-state index contributed by atoms with van der Waals surface area (Å²) < 4.78 is 0. The third kappa shape index (κ3) is 7.01. The zero-order valence-corrected chi connectivity index (χ0v) is 18.8. The minimum Gasteiger partial charge on any atom is -0.369 e. The van der Waals surface area contributed by atoms with Crippen molar-refractivity contribution in [3.63, 3.8) is 0 Å². The van der Waals surface area contributed by atoms with Crippen LogP contribution in [0.5, 0.6) is 0 Å². The van der Waals surface area contributed by atoms with Crippen molar-refractivity contribution in [1.82, 2.24) is 0 Å². The predicted octanol–water partition coefficient (Wildman–Crippen LogP) is 5.32. The zero-order valence-electron chi connectivity index (χ0n) is 17.9. The van der Waals surface area contributed by atoms with Crippen LogP contribution < -0.4 is 16.4 Å². The molecule has 2 rings (SSSR count). The molecule has 0 amide bonds. The van der Waals surface area contributed by atoms with E-state index in [9.17, 15) is 0 Å². The summed E-state index contributed by atoms with van der Waals surface area (Å²) in [5.74, 6) is 0.710. The van der Waals surface area contributed by atoms with Crippen LogP contribution in [0, 0.1) is 0 Å². The molecule has 1 heterocycles. The number of nitrogens with two attached hydrogens (primary N) is 2. The number of benzene rings is 1. The van der Waals surface area contributed by atoms with Gasteiger partial charge in [0.15, 0.2) is 0 Å². The van der Waals surface area contributed by atoms with Gasteiger partial charge in [0.05, 0.1) is 0 Å². The van der Waals surface area contributed by atoms with Crippen LogP contribution in [-0.2, 0) is 5.41 Å². The predicted molar refractivity (Wildman–Crippen MR) is 125 cm³/mol. The first kappa shape index (κ1) is 24.3. The van der Waals surface area contributed by atoms with Crippen LogP contribution in [0.2, 0.25) is 0 Å². The highest BCUT2D eigenvalue weighted by Gasteiger charge is 2.26. The Labute approximate surface area is 177 Å². The van der Waals surface area contributed by atoms with E-state index in [2.05, 4.69) is 61.9 Å². The van der Waals surface area contributed by atoms with E-state index >= 15 is 0 Å². The normalized spacial score (nSPS) is 17.0. The molecule has 0 bridgehead atoms. The van der Waals surface area contributed by atoms with E-state index < -0.39 is 0 Å². The minimum absolute atomic E-state index is 0. The monoisotopic (exact) mass is 407 g/mol. The molecule has 0 radical (unpaired) electrons. The molecule has 28 heavy (non-hydrogen) atoms. The van der Waals surface area contributed by atoms with E-state index in [-0.39, 0.29) is 29.9 Å². The van der Waals surface area contributed by atoms with Crippen LogP contribution in [0.25, 0.3) is 0 Å². The molecule has 0 saturated carbocycles. The minimum atomic E-state index is -0.0707. The summed E-state index contributed by atoms with van der Waals surface area (Å²) in [6, 6.07) is 8.54. The Balaban J connectivity index is 0.00000392. The average molecular weight is 408 g/mol. The molecule has 0 spiro atoms. The smallest absolute Gasteiger partial charge is 0.220 e. The van der Waals surface area contributed by atoms with Gasteiger partial charge in [-0.15, -0.1) is 12.4 Å². The van der Waals surface area contributed by atoms with Gasteiger partial charge in [-0.1, -0.05) is 78.4 Å². The van der Waals surface area contributed by atoms with E-state index in [1.54, 1.807) is 0 Å². The summed E-state index contributed by atoms with van der Waals surface area (Å²) in [6.07, 6.45) is 9.80. The Morgan fingerprint density at radius 2 is 1.50 bits per heavy atom. The topological polar surface area (TPSA) is 80.0 Å². The fraction of sp³-hybridized carbons (Fsp3) is 0.636. The highest BCUT2D eigenvalue weighted by atomic mass is 35.5. The maximum absolute atomic E-state index is 6.22. The Morgan fingerprint density at radius 1 is 0.929 bits per heavy atom. The van der Waals surface area contributed by atoms with E-state index in [1.807, 2.05) is 4.90 Å². The summed E-state index contributed by atoms with van der Waals surface area (Å²) in [4.78, 5) is 10.8. The Morgan fingerprint density at radius 3 is 2.07 bits per heavy atom. The molecule has 1 aromatic carbocycles. The molecule has 158 valence electrons. The van der Waals surface area contributed by atoms with Gasteiger partial charge in [0, 0.05) is 5.69 Å². The van der Waals surface area contributed by atoms with E-state index in [4.69, 9.17) is 11.5 Å². The molecule has 0 aromatic heterocycles. The first-order valence-electron chi connectivity index (χ1n) is 10.4. The lowest BCUT2D eigenvalue weighted by Crippen LogP contribution is -2.48. The number of hydrogen-bond acceptors (Lipinski definition) is 5. The quantitative estimate of drug-likeness (QED) is 0.543. The van der Waals surface area contributed by atoms with Gasteiger partial charge >= 0.3 is 0 Å². The molecule has 5 nitrogen and oxygen atoms in total. The highest BCUT2D eigenvalue weighted by Crippen LogP contribution is 2.28. The second-order valence-corrected chi connectivity index (χ2v) is 8.51. The van der Waals surface area contributed by atoms with Crippen molar-refractivity contribution in [1.29, 1.82) is 0 Å². The van der Waals surface area contributed by atoms with Crippen LogP contribution in [0.3, 0.4) is 0 Å². The summed E-state index contributed by atoms with van der Waals surface area (Å²) in [7, 11) is 0. The van der Waals surface area contributed by atoms with Crippen molar-refractivity contribution < 1.29 is 0 Å². The van der Waals surface area contributed by atoms with Crippen molar-refractivity contribution in [3.8, 4) is 0 Å². The first-order chi connectivity index (χ1) is 12.8. The van der Waals surface area contributed by atoms with Gasteiger partial charge in [-0.05, 0) is 36.0 Å². The number of guanidine groups is 2. The molecule has 0 saturated heterocycles. The summed E-state index contributed by atoms with van der Waals surface area (Å²) >= 11 is 0. The van der Waals surface area contributed by atoms with Crippen LogP contribution in [-0.4, -0.2) is 18.1 Å². The van der Waals surface area contributed by atoms with E-state index in [0.29, 0.717) is 5.96 Å². The molecule has 4 N–H and O–H groups in total. The number of hydrogen-bond donors (Lipinski definition) is 2. The van der Waals surface area contributed by atoms with Crippen LogP contribution >= 0.6 is 12.4 Å². The van der Waals surface area contributed by atoms with E-state index in [0.717, 1.165) is 18.5 Å². The fourth-order valence-electron chi connectivity index (χ4n) is 3.47. The van der Waals surface area contributed by atoms with Crippen molar-refractivity contribution in [2.45, 2.75) is 90.6 Å². The van der Waals surface area contributed by atoms with Crippen LogP contribution in [0.15, 0.2) is 34.3 Å². The second-order valence-electron chi connectivity index (χ2n) is 8.51.